The molecule has 0 aliphatic carbocycles. The summed E-state index contributed by atoms with van der Waals surface area (Å²) in [5.41, 5.74) is 4.83. The number of ether oxygens (including phenoxy) is 2. The predicted octanol–water partition coefficient (Wildman–Crippen LogP) is 3.84. The molecule has 2 aliphatic heterocycles. The van der Waals surface area contributed by atoms with Crippen molar-refractivity contribution in [2.45, 2.75) is 13.8 Å². The Labute approximate surface area is 186 Å². The van der Waals surface area contributed by atoms with Crippen LogP contribution in [0.25, 0.3) is 11.3 Å². The Kier molecular flexibility index (Phi) is 5.26. The van der Waals surface area contributed by atoms with E-state index in [1.165, 1.54) is 0 Å². The highest BCUT2D eigenvalue weighted by atomic mass is 16.7. The maximum atomic E-state index is 12.7. The second kappa shape index (κ2) is 8.37. The van der Waals surface area contributed by atoms with Crippen LogP contribution in [0.5, 0.6) is 11.5 Å². The summed E-state index contributed by atoms with van der Waals surface area (Å²) in [5.74, 6) is 2.28. The molecule has 1 fully saturated rings. The van der Waals surface area contributed by atoms with Gasteiger partial charge >= 0.3 is 6.03 Å². The third-order valence-corrected chi connectivity index (χ3v) is 6.06. The maximum absolute atomic E-state index is 12.7. The Morgan fingerprint density at radius 2 is 1.75 bits per heavy atom. The molecule has 0 radical (unpaired) electrons. The molecule has 8 nitrogen and oxygen atoms in total. The van der Waals surface area contributed by atoms with Gasteiger partial charge in [0.25, 0.3) is 0 Å². The molecule has 0 spiro atoms. The molecule has 32 heavy (non-hydrogen) atoms. The average Bonchev–Trinajstić information content (AvgIpc) is 3.30. The van der Waals surface area contributed by atoms with Gasteiger partial charge in [-0.2, -0.15) is 0 Å². The van der Waals surface area contributed by atoms with E-state index in [-0.39, 0.29) is 12.8 Å². The lowest BCUT2D eigenvalue weighted by Gasteiger charge is -2.35. The monoisotopic (exact) mass is 431 g/mol. The molecule has 1 N–H and O–H groups in total. The van der Waals surface area contributed by atoms with Crippen LogP contribution in [-0.4, -0.2) is 54.1 Å². The Morgan fingerprint density at radius 3 is 2.53 bits per heavy atom. The van der Waals surface area contributed by atoms with Crippen molar-refractivity contribution in [3.8, 4) is 22.8 Å². The molecule has 5 rings (SSSR count). The fraction of sp³-hybridized carbons (Fsp3) is 0.292. The molecule has 164 valence electrons. The minimum atomic E-state index is -0.0670. The first kappa shape index (κ1) is 20.1. The van der Waals surface area contributed by atoms with Crippen molar-refractivity contribution in [3.05, 3.63) is 59.7 Å². The van der Waals surface area contributed by atoms with Crippen LogP contribution in [0.1, 0.15) is 11.1 Å². The molecular weight excluding hydrogens is 406 g/mol. The summed E-state index contributed by atoms with van der Waals surface area (Å²) in [4.78, 5) is 16.7. The Hall–Kier alpha value is -3.81. The number of nitrogens with one attached hydrogen (secondary N) is 1. The van der Waals surface area contributed by atoms with Gasteiger partial charge in [-0.05, 0) is 61.4 Å². The molecule has 3 aromatic rings. The van der Waals surface area contributed by atoms with Crippen LogP contribution in [-0.2, 0) is 0 Å². The zero-order valence-electron chi connectivity index (χ0n) is 18.2. The summed E-state index contributed by atoms with van der Waals surface area (Å²) in [6, 6.07) is 15.6. The molecule has 2 amide bonds. The van der Waals surface area contributed by atoms with Gasteiger partial charge in [0, 0.05) is 37.4 Å². The summed E-state index contributed by atoms with van der Waals surface area (Å²) in [5, 5.41) is 11.9. The fourth-order valence-electron chi connectivity index (χ4n) is 3.92. The Bertz CT molecular complexity index is 1140. The molecule has 0 atom stereocenters. The first-order valence-corrected chi connectivity index (χ1v) is 10.7. The number of anilines is 2. The quantitative estimate of drug-likeness (QED) is 0.679. The lowest BCUT2D eigenvalue weighted by atomic mass is 10.1. The number of carbonyl (C=O) groups excluding carboxylic acids is 1. The summed E-state index contributed by atoms with van der Waals surface area (Å²) in [7, 11) is 0. The molecule has 0 bridgehead atoms. The number of urea groups is 1. The first-order chi connectivity index (χ1) is 15.6. The second-order valence-corrected chi connectivity index (χ2v) is 8.00. The molecule has 3 heterocycles. The van der Waals surface area contributed by atoms with Crippen molar-refractivity contribution < 1.29 is 14.3 Å². The topological polar surface area (TPSA) is 79.8 Å². The number of amides is 2. The Balaban J connectivity index is 1.20. The summed E-state index contributed by atoms with van der Waals surface area (Å²) in [6.07, 6.45) is 0. The Morgan fingerprint density at radius 1 is 0.938 bits per heavy atom. The van der Waals surface area contributed by atoms with Crippen LogP contribution in [0.2, 0.25) is 0 Å². The van der Waals surface area contributed by atoms with Crippen molar-refractivity contribution in [2.75, 3.05) is 43.2 Å². The number of hydrogen-bond donors (Lipinski definition) is 1. The van der Waals surface area contributed by atoms with Crippen LogP contribution in [0.4, 0.5) is 16.3 Å². The predicted molar refractivity (Wildman–Crippen MR) is 122 cm³/mol. The van der Waals surface area contributed by atoms with Gasteiger partial charge in [-0.25, -0.2) is 4.79 Å². The third kappa shape index (κ3) is 3.91. The number of fused-ring (bicyclic) bond motifs is 1. The van der Waals surface area contributed by atoms with Crippen molar-refractivity contribution >= 4 is 17.5 Å². The van der Waals surface area contributed by atoms with E-state index in [9.17, 15) is 4.79 Å². The van der Waals surface area contributed by atoms with Crippen LogP contribution >= 0.6 is 0 Å². The summed E-state index contributed by atoms with van der Waals surface area (Å²) < 4.78 is 10.8. The van der Waals surface area contributed by atoms with Gasteiger partial charge in [-0.3, -0.25) is 0 Å². The van der Waals surface area contributed by atoms with Gasteiger partial charge < -0.3 is 24.6 Å². The van der Waals surface area contributed by atoms with E-state index >= 15 is 0 Å². The highest BCUT2D eigenvalue weighted by Crippen LogP contribution is 2.35. The maximum Gasteiger partial charge on any atom is 0.321 e. The lowest BCUT2D eigenvalue weighted by molar-refractivity contribution is 0.174. The smallest absolute Gasteiger partial charge is 0.321 e. The van der Waals surface area contributed by atoms with Gasteiger partial charge in [0.1, 0.15) is 0 Å². The minimum absolute atomic E-state index is 0.0670. The molecule has 8 heteroatoms. The van der Waals surface area contributed by atoms with E-state index in [0.717, 1.165) is 45.4 Å². The van der Waals surface area contributed by atoms with Crippen LogP contribution in [0.3, 0.4) is 0 Å². The average molecular weight is 431 g/mol. The number of rotatable bonds is 3. The summed E-state index contributed by atoms with van der Waals surface area (Å²) in [6.45, 7) is 6.98. The number of aryl methyl sites for hydroxylation is 1. The highest BCUT2D eigenvalue weighted by molar-refractivity contribution is 5.90. The first-order valence-electron chi connectivity index (χ1n) is 10.7. The van der Waals surface area contributed by atoms with Crippen molar-refractivity contribution in [2.24, 2.45) is 0 Å². The van der Waals surface area contributed by atoms with E-state index in [4.69, 9.17) is 9.47 Å². The SMILES string of the molecule is Cc1cccc(NC(=O)N2CCN(c3ccc(-c4ccc5c(c4)OCO5)nn3)CC2)c1C. The molecule has 0 unspecified atom stereocenters. The number of hydrogen-bond acceptors (Lipinski definition) is 6. The number of piperazine rings is 1. The van der Waals surface area contributed by atoms with Crippen molar-refractivity contribution in [3.63, 3.8) is 0 Å². The van der Waals surface area contributed by atoms with E-state index in [2.05, 4.69) is 20.4 Å². The zero-order valence-corrected chi connectivity index (χ0v) is 18.2. The standard InChI is InChI=1S/C24H25N5O3/c1-16-4-3-5-19(17(16)2)25-24(30)29-12-10-28(11-13-29)23-9-7-20(26-27-23)18-6-8-21-22(14-18)32-15-31-21/h3-9,14H,10-13,15H2,1-2H3,(H,25,30). The zero-order chi connectivity index (χ0) is 22.1. The lowest BCUT2D eigenvalue weighted by Crippen LogP contribution is -2.50. The van der Waals surface area contributed by atoms with Crippen molar-refractivity contribution in [1.82, 2.24) is 15.1 Å². The number of nitrogens with zero attached hydrogens (tertiary/aromatic N) is 4. The number of benzene rings is 2. The largest absolute Gasteiger partial charge is 0.454 e. The molecule has 2 aliphatic rings. The van der Waals surface area contributed by atoms with Crippen LogP contribution < -0.4 is 19.7 Å². The number of carbonyl (C=O) groups is 1. The molecule has 1 saturated heterocycles. The minimum Gasteiger partial charge on any atom is -0.454 e. The van der Waals surface area contributed by atoms with Gasteiger partial charge in [0.15, 0.2) is 17.3 Å². The molecular formula is C24H25N5O3. The fourth-order valence-corrected chi connectivity index (χ4v) is 3.92. The van der Waals surface area contributed by atoms with Crippen LogP contribution in [0, 0.1) is 13.8 Å². The van der Waals surface area contributed by atoms with Gasteiger partial charge in [-0.1, -0.05) is 12.1 Å². The second-order valence-electron chi connectivity index (χ2n) is 8.00. The van der Waals surface area contributed by atoms with Gasteiger partial charge in [0.05, 0.1) is 5.69 Å². The molecule has 2 aromatic carbocycles. The van der Waals surface area contributed by atoms with E-state index < -0.39 is 0 Å². The number of aromatic nitrogens is 2. The van der Waals surface area contributed by atoms with E-state index in [1.54, 1.807) is 0 Å². The normalized spacial score (nSPS) is 15.1. The molecule has 0 saturated carbocycles. The third-order valence-electron chi connectivity index (χ3n) is 6.06. The van der Waals surface area contributed by atoms with E-state index in [1.807, 2.05) is 67.3 Å². The molecule has 1 aromatic heterocycles. The van der Waals surface area contributed by atoms with Gasteiger partial charge in [-0.15, -0.1) is 10.2 Å². The van der Waals surface area contributed by atoms with Crippen LogP contribution in [0.15, 0.2) is 48.5 Å². The van der Waals surface area contributed by atoms with Crippen molar-refractivity contribution in [1.29, 1.82) is 0 Å². The summed E-state index contributed by atoms with van der Waals surface area (Å²) >= 11 is 0. The highest BCUT2D eigenvalue weighted by Gasteiger charge is 2.23. The van der Waals surface area contributed by atoms with Gasteiger partial charge in [0.2, 0.25) is 6.79 Å². The van der Waals surface area contributed by atoms with E-state index in [0.29, 0.717) is 26.2 Å².